The Morgan fingerprint density at radius 3 is 2.46 bits per heavy atom. The number of amides is 2. The zero-order valence-corrected chi connectivity index (χ0v) is 14.8. The van der Waals surface area contributed by atoms with E-state index in [0.29, 0.717) is 19.8 Å². The molecule has 0 aliphatic carbocycles. The molecule has 0 radical (unpaired) electrons. The number of carbonyl (C=O) groups excluding carboxylic acids is 1. The first kappa shape index (κ1) is 17.8. The highest BCUT2D eigenvalue weighted by molar-refractivity contribution is 5.89. The molecular weight excluding hydrogens is 326 g/mol. The minimum atomic E-state index is -0.229. The van der Waals surface area contributed by atoms with E-state index < -0.39 is 0 Å². The van der Waals surface area contributed by atoms with Gasteiger partial charge in [-0.25, -0.2) is 4.79 Å². The molecule has 1 aromatic heterocycles. The number of nitrogens with one attached hydrogen (secondary N) is 2. The Bertz CT molecular complexity index is 827. The van der Waals surface area contributed by atoms with Gasteiger partial charge in [0, 0.05) is 36.9 Å². The van der Waals surface area contributed by atoms with Gasteiger partial charge in [-0.05, 0) is 48.4 Å². The van der Waals surface area contributed by atoms with E-state index in [1.165, 1.54) is 0 Å². The summed E-state index contributed by atoms with van der Waals surface area (Å²) >= 11 is 0. The van der Waals surface area contributed by atoms with Gasteiger partial charge in [-0.2, -0.15) is 0 Å². The van der Waals surface area contributed by atoms with Crippen LogP contribution in [0.15, 0.2) is 73.1 Å². The monoisotopic (exact) mass is 349 g/mol. The molecular formula is C21H23N3O2. The number of ether oxygens (including phenoxy) is 1. The quantitative estimate of drug-likeness (QED) is 0.667. The molecule has 0 atom stereocenters. The van der Waals surface area contributed by atoms with Crippen LogP contribution >= 0.6 is 0 Å². The largest absolute Gasteiger partial charge is 0.377 e. The summed E-state index contributed by atoms with van der Waals surface area (Å²) in [6, 6.07) is 19.5. The molecule has 0 saturated carbocycles. The number of hydrogen-bond acceptors (Lipinski definition) is 2. The second kappa shape index (κ2) is 8.87. The van der Waals surface area contributed by atoms with Crippen molar-refractivity contribution in [2.24, 2.45) is 0 Å². The smallest absolute Gasteiger partial charge is 0.319 e. The highest BCUT2D eigenvalue weighted by Crippen LogP contribution is 2.15. The fraction of sp³-hybridized carbons (Fsp3) is 0.190. The number of urea groups is 1. The van der Waals surface area contributed by atoms with Crippen LogP contribution in [0.3, 0.4) is 0 Å². The van der Waals surface area contributed by atoms with Crippen molar-refractivity contribution >= 4 is 11.7 Å². The van der Waals surface area contributed by atoms with E-state index in [1.54, 1.807) is 0 Å². The number of benzene rings is 2. The molecule has 0 bridgehead atoms. The van der Waals surface area contributed by atoms with Gasteiger partial charge in [0.25, 0.3) is 0 Å². The molecule has 3 aromatic rings. The van der Waals surface area contributed by atoms with Gasteiger partial charge in [-0.15, -0.1) is 0 Å². The van der Waals surface area contributed by atoms with E-state index in [9.17, 15) is 4.79 Å². The summed E-state index contributed by atoms with van der Waals surface area (Å²) in [5.74, 6) is 0. The van der Waals surface area contributed by atoms with Crippen molar-refractivity contribution < 1.29 is 9.53 Å². The molecule has 5 heteroatoms. The second-order valence-corrected chi connectivity index (χ2v) is 5.90. The van der Waals surface area contributed by atoms with Crippen molar-refractivity contribution in [3.63, 3.8) is 0 Å². The molecule has 1 heterocycles. The van der Waals surface area contributed by atoms with Gasteiger partial charge in [-0.3, -0.25) is 0 Å². The van der Waals surface area contributed by atoms with E-state index in [-0.39, 0.29) is 6.03 Å². The highest BCUT2D eigenvalue weighted by atomic mass is 16.5. The van der Waals surface area contributed by atoms with Crippen LogP contribution in [0, 0.1) is 0 Å². The van der Waals surface area contributed by atoms with Crippen LogP contribution in [-0.4, -0.2) is 17.2 Å². The third-order valence-electron chi connectivity index (χ3n) is 3.96. The zero-order valence-electron chi connectivity index (χ0n) is 14.8. The first-order valence-corrected chi connectivity index (χ1v) is 8.68. The van der Waals surface area contributed by atoms with Crippen LogP contribution in [0.2, 0.25) is 0 Å². The number of aromatic nitrogens is 1. The van der Waals surface area contributed by atoms with Gasteiger partial charge in [0.15, 0.2) is 0 Å². The molecule has 26 heavy (non-hydrogen) atoms. The molecule has 0 aliphatic heterocycles. The maximum atomic E-state index is 12.1. The summed E-state index contributed by atoms with van der Waals surface area (Å²) in [5.41, 5.74) is 3.92. The summed E-state index contributed by atoms with van der Waals surface area (Å²) in [7, 11) is 0. The van der Waals surface area contributed by atoms with Gasteiger partial charge in [-0.1, -0.05) is 30.3 Å². The molecule has 5 nitrogen and oxygen atoms in total. The van der Waals surface area contributed by atoms with Crippen LogP contribution < -0.4 is 10.6 Å². The lowest BCUT2D eigenvalue weighted by atomic mass is 10.1. The van der Waals surface area contributed by atoms with Gasteiger partial charge >= 0.3 is 6.03 Å². The Balaban J connectivity index is 1.52. The van der Waals surface area contributed by atoms with E-state index in [2.05, 4.69) is 10.6 Å². The number of anilines is 1. The molecule has 3 rings (SSSR count). The van der Waals surface area contributed by atoms with Crippen molar-refractivity contribution in [2.45, 2.75) is 20.1 Å². The molecule has 2 N–H and O–H groups in total. The molecule has 0 saturated heterocycles. The van der Waals surface area contributed by atoms with Crippen LogP contribution in [0.1, 0.15) is 18.1 Å². The molecule has 2 amide bonds. The van der Waals surface area contributed by atoms with Crippen molar-refractivity contribution in [1.82, 2.24) is 9.88 Å². The van der Waals surface area contributed by atoms with Crippen molar-refractivity contribution in [3.8, 4) is 5.69 Å². The highest BCUT2D eigenvalue weighted by Gasteiger charge is 2.03. The zero-order chi connectivity index (χ0) is 18.2. The average molecular weight is 349 g/mol. The SMILES string of the molecule is CCOCc1ccc(CNC(=O)Nc2cccc(-n3cccc3)c2)cc1. The lowest BCUT2D eigenvalue weighted by molar-refractivity contribution is 0.134. The Kier molecular flexibility index (Phi) is 6.06. The summed E-state index contributed by atoms with van der Waals surface area (Å²) in [4.78, 5) is 12.1. The first-order valence-electron chi connectivity index (χ1n) is 8.68. The van der Waals surface area contributed by atoms with Crippen molar-refractivity contribution in [2.75, 3.05) is 11.9 Å². The second-order valence-electron chi connectivity index (χ2n) is 5.90. The van der Waals surface area contributed by atoms with E-state index in [4.69, 9.17) is 4.74 Å². The predicted molar refractivity (Wildman–Crippen MR) is 103 cm³/mol. The van der Waals surface area contributed by atoms with Crippen LogP contribution in [0.25, 0.3) is 5.69 Å². The average Bonchev–Trinajstić information content (AvgIpc) is 3.21. The maximum Gasteiger partial charge on any atom is 0.319 e. The molecule has 0 spiro atoms. The van der Waals surface area contributed by atoms with Crippen LogP contribution in [0.5, 0.6) is 0 Å². The predicted octanol–water partition coefficient (Wildman–Crippen LogP) is 4.34. The van der Waals surface area contributed by atoms with Crippen molar-refractivity contribution in [1.29, 1.82) is 0 Å². The Morgan fingerprint density at radius 2 is 1.73 bits per heavy atom. The third kappa shape index (κ3) is 4.97. The van der Waals surface area contributed by atoms with Gasteiger partial charge in [0.2, 0.25) is 0 Å². The van der Waals surface area contributed by atoms with Crippen molar-refractivity contribution in [3.05, 3.63) is 84.2 Å². The standard InChI is InChI=1S/C21H23N3O2/c1-2-26-16-18-10-8-17(9-11-18)15-22-21(25)23-19-6-5-7-20(14-19)24-12-3-4-13-24/h3-14H,2,15-16H2,1H3,(H2,22,23,25). The third-order valence-corrected chi connectivity index (χ3v) is 3.96. The Morgan fingerprint density at radius 1 is 1.00 bits per heavy atom. The Hall–Kier alpha value is -3.05. The molecule has 0 fully saturated rings. The van der Waals surface area contributed by atoms with E-state index in [0.717, 1.165) is 22.5 Å². The number of nitrogens with zero attached hydrogens (tertiary/aromatic N) is 1. The van der Waals surface area contributed by atoms with Gasteiger partial charge < -0.3 is 19.9 Å². The van der Waals surface area contributed by atoms with E-state index >= 15 is 0 Å². The summed E-state index contributed by atoms with van der Waals surface area (Å²) in [5, 5.41) is 5.75. The summed E-state index contributed by atoms with van der Waals surface area (Å²) in [6.07, 6.45) is 3.93. The van der Waals surface area contributed by atoms with E-state index in [1.807, 2.05) is 84.5 Å². The lowest BCUT2D eigenvalue weighted by Crippen LogP contribution is -2.28. The minimum absolute atomic E-state index is 0.229. The fourth-order valence-electron chi connectivity index (χ4n) is 2.58. The number of carbonyl (C=O) groups is 1. The normalized spacial score (nSPS) is 10.5. The van der Waals surface area contributed by atoms with Crippen LogP contribution in [0.4, 0.5) is 10.5 Å². The minimum Gasteiger partial charge on any atom is -0.377 e. The molecule has 134 valence electrons. The topological polar surface area (TPSA) is 55.3 Å². The lowest BCUT2D eigenvalue weighted by Gasteiger charge is -2.10. The molecule has 0 aliphatic rings. The Labute approximate surface area is 153 Å². The molecule has 2 aromatic carbocycles. The number of rotatable bonds is 7. The van der Waals surface area contributed by atoms with Crippen LogP contribution in [-0.2, 0) is 17.9 Å². The number of hydrogen-bond donors (Lipinski definition) is 2. The maximum absolute atomic E-state index is 12.1. The van der Waals surface area contributed by atoms with Gasteiger partial charge in [0.05, 0.1) is 6.61 Å². The summed E-state index contributed by atoms with van der Waals surface area (Å²) < 4.78 is 7.37. The molecule has 0 unspecified atom stereocenters. The fourth-order valence-corrected chi connectivity index (χ4v) is 2.58. The van der Waals surface area contributed by atoms with Gasteiger partial charge in [0.1, 0.15) is 0 Å². The summed E-state index contributed by atoms with van der Waals surface area (Å²) in [6.45, 7) is 3.76. The first-order chi connectivity index (χ1) is 12.7.